The average molecular weight is 318 g/mol. The van der Waals surface area contributed by atoms with Gasteiger partial charge in [0, 0.05) is 9.80 Å². The third-order valence-corrected chi connectivity index (χ3v) is 5.18. The van der Waals surface area contributed by atoms with Crippen LogP contribution in [0.5, 0.6) is 0 Å². The molecule has 1 aliphatic rings. The first kappa shape index (κ1) is 10.7. The van der Waals surface area contributed by atoms with Crippen LogP contribution in [0, 0.1) is 5.41 Å². The topological polar surface area (TPSA) is 0 Å². The van der Waals surface area contributed by atoms with Crippen LogP contribution < -0.4 is 0 Å². The number of rotatable bonds is 3. The van der Waals surface area contributed by atoms with E-state index in [-0.39, 0.29) is 0 Å². The summed E-state index contributed by atoms with van der Waals surface area (Å²) in [4.78, 5) is 0. The zero-order chi connectivity index (χ0) is 10.0. The van der Waals surface area contributed by atoms with E-state index in [9.17, 15) is 0 Å². The fourth-order valence-corrected chi connectivity index (χ4v) is 3.26. The van der Waals surface area contributed by atoms with Gasteiger partial charge < -0.3 is 0 Å². The normalized spacial score (nSPS) is 19.0. The van der Waals surface area contributed by atoms with E-state index < -0.39 is 0 Å². The van der Waals surface area contributed by atoms with Gasteiger partial charge in [-0.3, -0.25) is 0 Å². The second kappa shape index (κ2) is 4.36. The molecule has 0 amide bonds. The highest BCUT2D eigenvalue weighted by atomic mass is 79.9. The van der Waals surface area contributed by atoms with Crippen LogP contribution in [-0.2, 0) is 6.42 Å². The first-order valence-corrected chi connectivity index (χ1v) is 6.97. The van der Waals surface area contributed by atoms with Crippen LogP contribution in [0.3, 0.4) is 0 Å². The van der Waals surface area contributed by atoms with Crippen molar-refractivity contribution in [2.45, 2.75) is 25.7 Å². The van der Waals surface area contributed by atoms with E-state index in [1.54, 1.807) is 0 Å². The molecule has 14 heavy (non-hydrogen) atoms. The van der Waals surface area contributed by atoms with Gasteiger partial charge in [0.1, 0.15) is 0 Å². The molecule has 2 rings (SSSR count). The standard InChI is InChI=1S/C12H14Br2/c13-9-12(6-3-7-12)8-10-4-1-2-5-11(10)14/h1-2,4-5H,3,6-9H2. The van der Waals surface area contributed by atoms with Gasteiger partial charge in [-0.25, -0.2) is 0 Å². The molecule has 0 bridgehead atoms. The highest BCUT2D eigenvalue weighted by molar-refractivity contribution is 9.10. The Kier molecular flexibility index (Phi) is 3.33. The molecule has 0 unspecified atom stereocenters. The Morgan fingerprint density at radius 1 is 1.21 bits per heavy atom. The monoisotopic (exact) mass is 316 g/mol. The molecule has 0 saturated heterocycles. The summed E-state index contributed by atoms with van der Waals surface area (Å²) in [7, 11) is 0. The van der Waals surface area contributed by atoms with Gasteiger partial charge in [0.05, 0.1) is 0 Å². The third-order valence-electron chi connectivity index (χ3n) is 3.22. The molecular formula is C12H14Br2. The van der Waals surface area contributed by atoms with Crippen molar-refractivity contribution in [3.8, 4) is 0 Å². The van der Waals surface area contributed by atoms with Gasteiger partial charge in [-0.15, -0.1) is 0 Å². The second-order valence-corrected chi connectivity index (χ2v) is 5.67. The van der Waals surface area contributed by atoms with Gasteiger partial charge in [0.25, 0.3) is 0 Å². The van der Waals surface area contributed by atoms with E-state index in [4.69, 9.17) is 0 Å². The molecular weight excluding hydrogens is 304 g/mol. The zero-order valence-corrected chi connectivity index (χ0v) is 11.3. The molecule has 1 fully saturated rings. The minimum Gasteiger partial charge on any atom is -0.0922 e. The highest BCUT2D eigenvalue weighted by Gasteiger charge is 2.36. The Balaban J connectivity index is 2.13. The minimum absolute atomic E-state index is 0.546. The highest BCUT2D eigenvalue weighted by Crippen LogP contribution is 2.45. The molecule has 0 aromatic heterocycles. The van der Waals surface area contributed by atoms with Crippen LogP contribution in [0.15, 0.2) is 28.7 Å². The predicted molar refractivity (Wildman–Crippen MR) is 67.9 cm³/mol. The molecule has 0 aliphatic heterocycles. The van der Waals surface area contributed by atoms with Crippen molar-refractivity contribution in [3.05, 3.63) is 34.3 Å². The number of alkyl halides is 1. The molecule has 2 heteroatoms. The van der Waals surface area contributed by atoms with E-state index >= 15 is 0 Å². The van der Waals surface area contributed by atoms with Gasteiger partial charge in [-0.1, -0.05) is 56.5 Å². The SMILES string of the molecule is BrCC1(Cc2ccccc2Br)CCC1. The summed E-state index contributed by atoms with van der Waals surface area (Å²) in [6.07, 6.45) is 5.36. The van der Waals surface area contributed by atoms with Crippen molar-refractivity contribution < 1.29 is 0 Å². The molecule has 1 aromatic carbocycles. The van der Waals surface area contributed by atoms with Crippen molar-refractivity contribution in [1.29, 1.82) is 0 Å². The first-order valence-electron chi connectivity index (χ1n) is 5.05. The summed E-state index contributed by atoms with van der Waals surface area (Å²) in [6.45, 7) is 0. The van der Waals surface area contributed by atoms with E-state index in [1.165, 1.54) is 35.7 Å². The van der Waals surface area contributed by atoms with E-state index in [2.05, 4.69) is 56.1 Å². The van der Waals surface area contributed by atoms with Crippen LogP contribution in [0.1, 0.15) is 24.8 Å². The average Bonchev–Trinajstić information content (AvgIpc) is 2.14. The van der Waals surface area contributed by atoms with Crippen LogP contribution in [0.25, 0.3) is 0 Å². The van der Waals surface area contributed by atoms with Gasteiger partial charge in [-0.05, 0) is 36.3 Å². The lowest BCUT2D eigenvalue weighted by atomic mass is 9.67. The Bertz CT molecular complexity index is 310. The maximum atomic E-state index is 3.65. The van der Waals surface area contributed by atoms with Crippen LogP contribution >= 0.6 is 31.9 Å². The zero-order valence-electron chi connectivity index (χ0n) is 8.10. The molecule has 0 radical (unpaired) electrons. The van der Waals surface area contributed by atoms with Crippen molar-refractivity contribution in [1.82, 2.24) is 0 Å². The summed E-state index contributed by atoms with van der Waals surface area (Å²) in [5.74, 6) is 0. The van der Waals surface area contributed by atoms with E-state index in [1.807, 2.05) is 0 Å². The number of halogens is 2. The maximum Gasteiger partial charge on any atom is 0.0207 e. The largest absolute Gasteiger partial charge is 0.0922 e. The summed E-state index contributed by atoms with van der Waals surface area (Å²) in [6, 6.07) is 8.57. The summed E-state index contributed by atoms with van der Waals surface area (Å²) in [5, 5.41) is 1.14. The molecule has 0 nitrogen and oxygen atoms in total. The van der Waals surface area contributed by atoms with Crippen LogP contribution in [0.2, 0.25) is 0 Å². The number of hydrogen-bond donors (Lipinski definition) is 0. The Morgan fingerprint density at radius 2 is 1.93 bits per heavy atom. The van der Waals surface area contributed by atoms with Gasteiger partial charge in [-0.2, -0.15) is 0 Å². The first-order chi connectivity index (χ1) is 6.76. The summed E-state index contributed by atoms with van der Waals surface area (Å²) < 4.78 is 1.26. The van der Waals surface area contributed by atoms with Crippen LogP contribution in [-0.4, -0.2) is 5.33 Å². The smallest absolute Gasteiger partial charge is 0.0207 e. The maximum absolute atomic E-state index is 3.65. The Morgan fingerprint density at radius 3 is 2.43 bits per heavy atom. The Hall–Kier alpha value is 0.180. The summed E-state index contributed by atoms with van der Waals surface area (Å²) >= 11 is 7.27. The van der Waals surface area contributed by atoms with Crippen molar-refractivity contribution >= 4 is 31.9 Å². The van der Waals surface area contributed by atoms with Crippen molar-refractivity contribution in [2.75, 3.05) is 5.33 Å². The molecule has 0 N–H and O–H groups in total. The van der Waals surface area contributed by atoms with E-state index in [0.29, 0.717) is 5.41 Å². The lowest BCUT2D eigenvalue weighted by molar-refractivity contribution is 0.169. The fourth-order valence-electron chi connectivity index (χ4n) is 2.08. The quantitative estimate of drug-likeness (QED) is 0.717. The molecule has 1 saturated carbocycles. The predicted octanol–water partition coefficient (Wildman–Crippen LogP) is 4.56. The van der Waals surface area contributed by atoms with Gasteiger partial charge in [0.15, 0.2) is 0 Å². The number of hydrogen-bond acceptors (Lipinski definition) is 0. The van der Waals surface area contributed by atoms with Crippen molar-refractivity contribution in [2.24, 2.45) is 5.41 Å². The lowest BCUT2D eigenvalue weighted by Gasteiger charge is -2.41. The molecule has 0 spiro atoms. The summed E-state index contributed by atoms with van der Waals surface area (Å²) in [5.41, 5.74) is 2.00. The number of benzene rings is 1. The minimum atomic E-state index is 0.546. The Labute approximate surface area is 102 Å². The third kappa shape index (κ3) is 2.06. The lowest BCUT2D eigenvalue weighted by Crippen LogP contribution is -2.33. The van der Waals surface area contributed by atoms with E-state index in [0.717, 1.165) is 5.33 Å². The molecule has 1 aromatic rings. The van der Waals surface area contributed by atoms with Gasteiger partial charge in [0.2, 0.25) is 0 Å². The fraction of sp³-hybridized carbons (Fsp3) is 0.500. The molecule has 0 atom stereocenters. The van der Waals surface area contributed by atoms with Crippen LogP contribution in [0.4, 0.5) is 0 Å². The van der Waals surface area contributed by atoms with Crippen molar-refractivity contribution in [3.63, 3.8) is 0 Å². The molecule has 1 aliphatic carbocycles. The van der Waals surface area contributed by atoms with Gasteiger partial charge >= 0.3 is 0 Å². The molecule has 76 valence electrons. The molecule has 0 heterocycles. The second-order valence-electron chi connectivity index (χ2n) is 4.26.